The van der Waals surface area contributed by atoms with Crippen molar-refractivity contribution in [3.63, 3.8) is 0 Å². The zero-order valence-corrected chi connectivity index (χ0v) is 7.57. The van der Waals surface area contributed by atoms with Gasteiger partial charge in [0.1, 0.15) is 5.82 Å². The molecule has 0 spiro atoms. The lowest BCUT2D eigenvalue weighted by Gasteiger charge is -2.08. The molecule has 13 heavy (non-hydrogen) atoms. The molecule has 1 aromatic rings. The predicted molar refractivity (Wildman–Crippen MR) is 51.7 cm³/mol. The second-order valence-electron chi connectivity index (χ2n) is 3.33. The SMILES string of the molecule is c1ccc(NCC2CCOC2)nc1. The Hall–Kier alpha value is -1.09. The quantitative estimate of drug-likeness (QED) is 0.762. The van der Waals surface area contributed by atoms with Crippen molar-refractivity contribution in [1.82, 2.24) is 4.98 Å². The Morgan fingerprint density at radius 3 is 3.23 bits per heavy atom. The summed E-state index contributed by atoms with van der Waals surface area (Å²) in [5.74, 6) is 1.61. The first-order valence-corrected chi connectivity index (χ1v) is 4.68. The first-order chi connectivity index (χ1) is 6.45. The molecule has 1 aromatic heterocycles. The van der Waals surface area contributed by atoms with Gasteiger partial charge in [-0.05, 0) is 18.6 Å². The van der Waals surface area contributed by atoms with Gasteiger partial charge in [-0.25, -0.2) is 4.98 Å². The van der Waals surface area contributed by atoms with Crippen molar-refractivity contribution in [2.45, 2.75) is 6.42 Å². The largest absolute Gasteiger partial charge is 0.381 e. The second kappa shape index (κ2) is 4.23. The van der Waals surface area contributed by atoms with Gasteiger partial charge in [-0.3, -0.25) is 0 Å². The Kier molecular flexibility index (Phi) is 2.77. The van der Waals surface area contributed by atoms with Crippen molar-refractivity contribution < 1.29 is 4.74 Å². The molecule has 2 rings (SSSR count). The molecule has 3 heteroatoms. The highest BCUT2D eigenvalue weighted by Gasteiger charge is 2.14. The Morgan fingerprint density at radius 1 is 1.54 bits per heavy atom. The topological polar surface area (TPSA) is 34.1 Å². The molecule has 1 unspecified atom stereocenters. The minimum absolute atomic E-state index is 0.655. The first kappa shape index (κ1) is 8.51. The van der Waals surface area contributed by atoms with E-state index in [4.69, 9.17) is 4.74 Å². The molecule has 0 aliphatic carbocycles. The van der Waals surface area contributed by atoms with Gasteiger partial charge in [0, 0.05) is 25.3 Å². The minimum Gasteiger partial charge on any atom is -0.381 e. The van der Waals surface area contributed by atoms with Gasteiger partial charge >= 0.3 is 0 Å². The molecule has 1 saturated heterocycles. The smallest absolute Gasteiger partial charge is 0.125 e. The maximum Gasteiger partial charge on any atom is 0.125 e. The van der Waals surface area contributed by atoms with E-state index < -0.39 is 0 Å². The van der Waals surface area contributed by atoms with Crippen LogP contribution in [0.2, 0.25) is 0 Å². The van der Waals surface area contributed by atoms with E-state index in [2.05, 4.69) is 10.3 Å². The monoisotopic (exact) mass is 178 g/mol. The van der Waals surface area contributed by atoms with Crippen molar-refractivity contribution in [1.29, 1.82) is 0 Å². The van der Waals surface area contributed by atoms with E-state index in [0.717, 1.165) is 25.6 Å². The average Bonchev–Trinajstić information content (AvgIpc) is 2.69. The number of ether oxygens (including phenoxy) is 1. The highest BCUT2D eigenvalue weighted by molar-refractivity contribution is 5.32. The third-order valence-corrected chi connectivity index (χ3v) is 2.26. The lowest BCUT2D eigenvalue weighted by atomic mass is 10.1. The predicted octanol–water partition coefficient (Wildman–Crippen LogP) is 1.53. The Balaban J connectivity index is 1.79. The molecule has 0 radical (unpaired) electrons. The summed E-state index contributed by atoms with van der Waals surface area (Å²) in [6.45, 7) is 2.77. The number of hydrogen-bond acceptors (Lipinski definition) is 3. The number of pyridine rings is 1. The maximum atomic E-state index is 5.29. The van der Waals surface area contributed by atoms with Crippen molar-refractivity contribution >= 4 is 5.82 Å². The summed E-state index contributed by atoms with van der Waals surface area (Å²) in [6, 6.07) is 5.89. The van der Waals surface area contributed by atoms with Crippen molar-refractivity contribution in [2.24, 2.45) is 5.92 Å². The number of nitrogens with one attached hydrogen (secondary N) is 1. The van der Waals surface area contributed by atoms with Crippen molar-refractivity contribution in [2.75, 3.05) is 25.1 Å². The maximum absolute atomic E-state index is 5.29. The fourth-order valence-electron chi connectivity index (χ4n) is 1.46. The summed E-state index contributed by atoms with van der Waals surface area (Å²) >= 11 is 0. The van der Waals surface area contributed by atoms with E-state index in [1.807, 2.05) is 18.2 Å². The molecule has 0 bridgehead atoms. The van der Waals surface area contributed by atoms with Gasteiger partial charge in [0.15, 0.2) is 0 Å². The van der Waals surface area contributed by atoms with E-state index >= 15 is 0 Å². The van der Waals surface area contributed by atoms with Gasteiger partial charge in [-0.15, -0.1) is 0 Å². The summed E-state index contributed by atoms with van der Waals surface area (Å²) in [5.41, 5.74) is 0. The van der Waals surface area contributed by atoms with Crippen LogP contribution in [0, 0.1) is 5.92 Å². The summed E-state index contributed by atoms with van der Waals surface area (Å²) in [6.07, 6.45) is 2.97. The van der Waals surface area contributed by atoms with Gasteiger partial charge in [-0.1, -0.05) is 6.07 Å². The van der Waals surface area contributed by atoms with Crippen LogP contribution >= 0.6 is 0 Å². The molecule has 0 aromatic carbocycles. The van der Waals surface area contributed by atoms with Crippen LogP contribution in [-0.4, -0.2) is 24.7 Å². The summed E-state index contributed by atoms with van der Waals surface area (Å²) in [7, 11) is 0. The standard InChI is InChI=1S/C10H14N2O/c1-2-5-11-10(3-1)12-7-9-4-6-13-8-9/h1-3,5,9H,4,6-8H2,(H,11,12). The van der Waals surface area contributed by atoms with Crippen LogP contribution in [0.25, 0.3) is 0 Å². The summed E-state index contributed by atoms with van der Waals surface area (Å²) in [5, 5.41) is 3.30. The van der Waals surface area contributed by atoms with Crippen LogP contribution < -0.4 is 5.32 Å². The Labute approximate surface area is 78.1 Å². The van der Waals surface area contributed by atoms with Gasteiger partial charge < -0.3 is 10.1 Å². The summed E-state index contributed by atoms with van der Waals surface area (Å²) in [4.78, 5) is 4.19. The van der Waals surface area contributed by atoms with Crippen LogP contribution in [-0.2, 0) is 4.74 Å². The molecule has 1 aliphatic heterocycles. The van der Waals surface area contributed by atoms with Gasteiger partial charge in [0.2, 0.25) is 0 Å². The Bertz CT molecular complexity index is 244. The Morgan fingerprint density at radius 2 is 2.54 bits per heavy atom. The number of nitrogens with zero attached hydrogens (tertiary/aromatic N) is 1. The lowest BCUT2D eigenvalue weighted by molar-refractivity contribution is 0.187. The summed E-state index contributed by atoms with van der Waals surface area (Å²) < 4.78 is 5.29. The molecule has 1 aliphatic rings. The molecule has 1 N–H and O–H groups in total. The molecule has 0 amide bonds. The van der Waals surface area contributed by atoms with Crippen molar-refractivity contribution in [3.8, 4) is 0 Å². The third-order valence-electron chi connectivity index (χ3n) is 2.26. The van der Waals surface area contributed by atoms with E-state index in [0.29, 0.717) is 5.92 Å². The number of rotatable bonds is 3. The zero-order chi connectivity index (χ0) is 8.93. The molecular formula is C10H14N2O. The van der Waals surface area contributed by atoms with E-state index in [1.54, 1.807) is 6.20 Å². The minimum atomic E-state index is 0.655. The van der Waals surface area contributed by atoms with Crippen LogP contribution in [0.5, 0.6) is 0 Å². The van der Waals surface area contributed by atoms with Gasteiger partial charge in [-0.2, -0.15) is 0 Å². The zero-order valence-electron chi connectivity index (χ0n) is 7.57. The molecule has 70 valence electrons. The van der Waals surface area contributed by atoms with Crippen LogP contribution in [0.15, 0.2) is 24.4 Å². The molecule has 1 fully saturated rings. The van der Waals surface area contributed by atoms with E-state index in [-0.39, 0.29) is 0 Å². The van der Waals surface area contributed by atoms with E-state index in [9.17, 15) is 0 Å². The van der Waals surface area contributed by atoms with Gasteiger partial charge in [0.05, 0.1) is 6.61 Å². The lowest BCUT2D eigenvalue weighted by Crippen LogP contribution is -2.14. The van der Waals surface area contributed by atoms with Crippen LogP contribution in [0.4, 0.5) is 5.82 Å². The average molecular weight is 178 g/mol. The highest BCUT2D eigenvalue weighted by Crippen LogP contribution is 2.12. The van der Waals surface area contributed by atoms with Crippen LogP contribution in [0.1, 0.15) is 6.42 Å². The number of anilines is 1. The normalized spacial score (nSPS) is 21.7. The van der Waals surface area contributed by atoms with Crippen LogP contribution in [0.3, 0.4) is 0 Å². The second-order valence-corrected chi connectivity index (χ2v) is 3.33. The fraction of sp³-hybridized carbons (Fsp3) is 0.500. The highest BCUT2D eigenvalue weighted by atomic mass is 16.5. The molecule has 2 heterocycles. The third kappa shape index (κ3) is 2.42. The number of hydrogen-bond donors (Lipinski definition) is 1. The molecule has 3 nitrogen and oxygen atoms in total. The van der Waals surface area contributed by atoms with Gasteiger partial charge in [0.25, 0.3) is 0 Å². The molecular weight excluding hydrogens is 164 g/mol. The van der Waals surface area contributed by atoms with E-state index in [1.165, 1.54) is 6.42 Å². The number of aromatic nitrogens is 1. The fourth-order valence-corrected chi connectivity index (χ4v) is 1.46. The van der Waals surface area contributed by atoms with Crippen molar-refractivity contribution in [3.05, 3.63) is 24.4 Å². The molecule has 1 atom stereocenters. The first-order valence-electron chi connectivity index (χ1n) is 4.68. The molecule has 0 saturated carbocycles.